The predicted molar refractivity (Wildman–Crippen MR) is 97.2 cm³/mol. The van der Waals surface area contributed by atoms with Gasteiger partial charge in [0.15, 0.2) is 0 Å². The number of hydrogen-bond donors (Lipinski definition) is 1. The van der Waals surface area contributed by atoms with Crippen LogP contribution >= 0.6 is 0 Å². The molecule has 1 atom stereocenters. The molecule has 1 amide bonds. The number of carbonyl (C=O) groups is 2. The van der Waals surface area contributed by atoms with Crippen molar-refractivity contribution in [3.05, 3.63) is 95.5 Å². The fourth-order valence-corrected chi connectivity index (χ4v) is 3.24. The molecule has 1 aliphatic heterocycles. The first kappa shape index (κ1) is 17.7. The average molecular weight is 378 g/mol. The van der Waals surface area contributed by atoms with Crippen molar-refractivity contribution in [3.63, 3.8) is 0 Å². The minimum atomic E-state index is -0.903. The lowest BCUT2D eigenvalue weighted by atomic mass is 9.99. The highest BCUT2D eigenvalue weighted by Crippen LogP contribution is 2.40. The monoisotopic (exact) mass is 378 g/mol. The highest BCUT2D eigenvalue weighted by Gasteiger charge is 2.47. The van der Waals surface area contributed by atoms with Crippen LogP contribution in [-0.2, 0) is 16.1 Å². The zero-order chi connectivity index (χ0) is 19.7. The van der Waals surface area contributed by atoms with Crippen molar-refractivity contribution >= 4 is 17.4 Å². The summed E-state index contributed by atoms with van der Waals surface area (Å²) in [5.74, 6) is -2.10. The van der Waals surface area contributed by atoms with Gasteiger partial charge in [-0.25, -0.2) is 4.39 Å². The number of nitrogens with zero attached hydrogens (tertiary/aromatic N) is 2. The van der Waals surface area contributed by atoms with Crippen LogP contribution in [0.2, 0.25) is 0 Å². The van der Waals surface area contributed by atoms with Crippen LogP contribution < -0.4 is 0 Å². The van der Waals surface area contributed by atoms with E-state index in [2.05, 4.69) is 4.98 Å². The number of hydrogen-bond acceptors (Lipinski definition) is 5. The van der Waals surface area contributed by atoms with Gasteiger partial charge in [0.2, 0.25) is 0 Å². The topological polar surface area (TPSA) is 83.6 Å². The van der Waals surface area contributed by atoms with Crippen LogP contribution in [0, 0.1) is 5.82 Å². The van der Waals surface area contributed by atoms with E-state index in [0.717, 1.165) is 5.56 Å². The summed E-state index contributed by atoms with van der Waals surface area (Å²) in [6.45, 7) is 0.115. The Bertz CT molecular complexity index is 1040. The number of furan rings is 1. The Hall–Kier alpha value is -3.74. The minimum Gasteiger partial charge on any atom is -0.507 e. The van der Waals surface area contributed by atoms with Gasteiger partial charge in [-0.15, -0.1) is 0 Å². The number of rotatable bonds is 4. The summed E-state index contributed by atoms with van der Waals surface area (Å²) >= 11 is 0. The van der Waals surface area contributed by atoms with Crippen molar-refractivity contribution < 1.29 is 23.5 Å². The number of benzene rings is 1. The number of ketones is 1. The quantitative estimate of drug-likeness (QED) is 0.427. The zero-order valence-electron chi connectivity index (χ0n) is 14.6. The molecule has 6 nitrogen and oxygen atoms in total. The van der Waals surface area contributed by atoms with Gasteiger partial charge in [-0.1, -0.05) is 6.07 Å². The van der Waals surface area contributed by atoms with E-state index >= 15 is 0 Å². The molecule has 3 aromatic rings. The van der Waals surface area contributed by atoms with Crippen LogP contribution in [0.15, 0.2) is 77.2 Å². The van der Waals surface area contributed by atoms with E-state index in [1.165, 1.54) is 35.4 Å². The first-order valence-electron chi connectivity index (χ1n) is 8.53. The zero-order valence-corrected chi connectivity index (χ0v) is 14.6. The third kappa shape index (κ3) is 3.07. The highest BCUT2D eigenvalue weighted by atomic mass is 19.1. The maximum absolute atomic E-state index is 13.2. The molecule has 1 saturated heterocycles. The maximum Gasteiger partial charge on any atom is 0.296 e. The molecule has 0 bridgehead atoms. The van der Waals surface area contributed by atoms with Gasteiger partial charge in [0.05, 0.1) is 11.8 Å². The summed E-state index contributed by atoms with van der Waals surface area (Å²) in [6.07, 6.45) is 4.63. The number of carbonyl (C=O) groups excluding carboxylic acids is 2. The SMILES string of the molecule is O=C1C(=O)N(Cc2cccnc2)C(c2ccco2)/C1=C(/O)c1ccc(F)cc1. The molecule has 0 aliphatic carbocycles. The number of amides is 1. The fourth-order valence-electron chi connectivity index (χ4n) is 3.24. The fraction of sp³-hybridized carbons (Fsp3) is 0.0952. The first-order chi connectivity index (χ1) is 13.6. The number of pyridine rings is 1. The molecule has 0 radical (unpaired) electrons. The highest BCUT2D eigenvalue weighted by molar-refractivity contribution is 6.46. The van der Waals surface area contributed by atoms with Crippen LogP contribution in [0.1, 0.15) is 22.9 Å². The molecule has 140 valence electrons. The molecule has 1 unspecified atom stereocenters. The van der Waals surface area contributed by atoms with Crippen molar-refractivity contribution in [3.8, 4) is 0 Å². The molecule has 0 spiro atoms. The molecule has 1 N–H and O–H groups in total. The molecule has 1 fully saturated rings. The van der Waals surface area contributed by atoms with Crippen molar-refractivity contribution in [2.24, 2.45) is 0 Å². The Morgan fingerprint density at radius 1 is 1.14 bits per heavy atom. The number of Topliss-reactive ketones (excluding diaryl/α,β-unsaturated/α-hetero) is 1. The van der Waals surface area contributed by atoms with E-state index in [9.17, 15) is 19.1 Å². The van der Waals surface area contributed by atoms with Gasteiger partial charge in [-0.3, -0.25) is 14.6 Å². The van der Waals surface area contributed by atoms with Gasteiger partial charge in [0.25, 0.3) is 11.7 Å². The third-order valence-corrected chi connectivity index (χ3v) is 4.55. The molecular formula is C21H15FN2O4. The Morgan fingerprint density at radius 3 is 2.57 bits per heavy atom. The van der Waals surface area contributed by atoms with Crippen LogP contribution in [0.4, 0.5) is 4.39 Å². The van der Waals surface area contributed by atoms with Gasteiger partial charge in [0, 0.05) is 24.5 Å². The van der Waals surface area contributed by atoms with E-state index in [-0.39, 0.29) is 23.4 Å². The largest absolute Gasteiger partial charge is 0.507 e. The molecule has 3 heterocycles. The molecule has 4 rings (SSSR count). The average Bonchev–Trinajstić information content (AvgIpc) is 3.32. The Balaban J connectivity index is 1.83. The van der Waals surface area contributed by atoms with Gasteiger partial charge in [-0.05, 0) is 48.0 Å². The van der Waals surface area contributed by atoms with Gasteiger partial charge in [0.1, 0.15) is 23.4 Å². The molecule has 1 aliphatic rings. The van der Waals surface area contributed by atoms with E-state index < -0.39 is 23.5 Å². The second-order valence-electron chi connectivity index (χ2n) is 6.31. The molecule has 7 heteroatoms. The normalized spacial score (nSPS) is 18.6. The molecule has 0 saturated carbocycles. The van der Waals surface area contributed by atoms with Crippen molar-refractivity contribution in [1.82, 2.24) is 9.88 Å². The van der Waals surface area contributed by atoms with Gasteiger partial charge >= 0.3 is 0 Å². The Labute approximate surface area is 159 Å². The second-order valence-corrected chi connectivity index (χ2v) is 6.31. The first-order valence-corrected chi connectivity index (χ1v) is 8.53. The van der Waals surface area contributed by atoms with E-state index in [0.29, 0.717) is 5.76 Å². The van der Waals surface area contributed by atoms with E-state index in [4.69, 9.17) is 4.42 Å². The molecule has 2 aromatic heterocycles. The minimum absolute atomic E-state index is 0.101. The molecular weight excluding hydrogens is 363 g/mol. The predicted octanol–water partition coefficient (Wildman–Crippen LogP) is 3.44. The van der Waals surface area contributed by atoms with Crippen molar-refractivity contribution in [2.75, 3.05) is 0 Å². The summed E-state index contributed by atoms with van der Waals surface area (Å²) in [7, 11) is 0. The molecule has 1 aromatic carbocycles. The van der Waals surface area contributed by atoms with E-state index in [1.54, 1.807) is 36.7 Å². The maximum atomic E-state index is 13.2. The van der Waals surface area contributed by atoms with Crippen LogP contribution in [0.25, 0.3) is 5.76 Å². The lowest BCUT2D eigenvalue weighted by Crippen LogP contribution is -2.29. The summed E-state index contributed by atoms with van der Waals surface area (Å²) in [6, 6.07) is 10.9. The summed E-state index contributed by atoms with van der Waals surface area (Å²) < 4.78 is 18.7. The number of aliphatic hydroxyl groups is 1. The molecule has 28 heavy (non-hydrogen) atoms. The third-order valence-electron chi connectivity index (χ3n) is 4.55. The van der Waals surface area contributed by atoms with Crippen LogP contribution in [0.5, 0.6) is 0 Å². The number of aliphatic hydroxyl groups excluding tert-OH is 1. The summed E-state index contributed by atoms with van der Waals surface area (Å²) in [5.41, 5.74) is 0.857. The lowest BCUT2D eigenvalue weighted by molar-refractivity contribution is -0.140. The van der Waals surface area contributed by atoms with Gasteiger partial charge < -0.3 is 14.4 Å². The van der Waals surface area contributed by atoms with Crippen molar-refractivity contribution in [2.45, 2.75) is 12.6 Å². The number of likely N-dealkylation sites (tertiary alicyclic amines) is 1. The lowest BCUT2D eigenvalue weighted by Gasteiger charge is -2.23. The van der Waals surface area contributed by atoms with Crippen molar-refractivity contribution in [1.29, 1.82) is 0 Å². The smallest absolute Gasteiger partial charge is 0.296 e. The second kappa shape index (κ2) is 7.11. The number of halogens is 1. The summed E-state index contributed by atoms with van der Waals surface area (Å²) in [5, 5.41) is 10.8. The van der Waals surface area contributed by atoms with Crippen LogP contribution in [-0.4, -0.2) is 26.7 Å². The van der Waals surface area contributed by atoms with E-state index in [1.807, 2.05) is 0 Å². The summed E-state index contributed by atoms with van der Waals surface area (Å²) in [4.78, 5) is 30.8. The Kier molecular flexibility index (Phi) is 4.49. The number of aromatic nitrogens is 1. The van der Waals surface area contributed by atoms with Crippen LogP contribution in [0.3, 0.4) is 0 Å². The van der Waals surface area contributed by atoms with Gasteiger partial charge in [-0.2, -0.15) is 0 Å². The standard InChI is InChI=1S/C21H15FN2O4/c22-15-7-5-14(6-8-15)19(25)17-18(16-4-2-10-28-16)24(21(27)20(17)26)12-13-3-1-9-23-11-13/h1-11,18,25H,12H2/b19-17-. The Morgan fingerprint density at radius 2 is 1.93 bits per heavy atom.